The van der Waals surface area contributed by atoms with Gasteiger partial charge >= 0.3 is 6.18 Å². The number of amides is 1. The van der Waals surface area contributed by atoms with Crippen molar-refractivity contribution in [1.82, 2.24) is 19.9 Å². The molecule has 0 radical (unpaired) electrons. The minimum absolute atomic E-state index is 0.0734. The zero-order chi connectivity index (χ0) is 23.8. The van der Waals surface area contributed by atoms with Gasteiger partial charge in [-0.05, 0) is 43.2 Å². The van der Waals surface area contributed by atoms with Crippen molar-refractivity contribution in [2.24, 2.45) is 0 Å². The van der Waals surface area contributed by atoms with Gasteiger partial charge in [-0.2, -0.15) is 13.2 Å². The second-order valence-electron chi connectivity index (χ2n) is 7.67. The van der Waals surface area contributed by atoms with E-state index in [1.54, 1.807) is 21.7 Å². The second kappa shape index (κ2) is 8.80. The molecule has 1 aliphatic heterocycles. The maximum atomic E-state index is 13.1. The number of methoxy groups -OCH3 is 3. The number of nitrogens with zero attached hydrogens (tertiary/aromatic N) is 4. The van der Waals surface area contributed by atoms with E-state index in [2.05, 4.69) is 10.3 Å². The first kappa shape index (κ1) is 22.7. The molecule has 1 saturated heterocycles. The van der Waals surface area contributed by atoms with Gasteiger partial charge in [0.25, 0.3) is 5.91 Å². The molecule has 1 amide bonds. The first-order valence-electron chi connectivity index (χ1n) is 10.3. The summed E-state index contributed by atoms with van der Waals surface area (Å²) in [4.78, 5) is 14.8. The number of carbonyl (C=O) groups excluding carboxylic acids is 1. The summed E-state index contributed by atoms with van der Waals surface area (Å²) in [6.45, 7) is 0.921. The smallest absolute Gasteiger partial charge is 0.416 e. The average Bonchev–Trinajstić information content (AvgIpc) is 3.25. The predicted octanol–water partition coefficient (Wildman–Crippen LogP) is 3.95. The van der Waals surface area contributed by atoms with Gasteiger partial charge in [-0.3, -0.25) is 4.79 Å². The highest BCUT2D eigenvalue weighted by atomic mass is 19.4. The highest BCUT2D eigenvalue weighted by Crippen LogP contribution is 2.39. The van der Waals surface area contributed by atoms with Crippen LogP contribution in [0, 0.1) is 0 Å². The lowest BCUT2D eigenvalue weighted by molar-refractivity contribution is -0.137. The van der Waals surface area contributed by atoms with Crippen molar-refractivity contribution in [2.45, 2.75) is 25.1 Å². The molecular weight excluding hydrogens is 441 g/mol. The van der Waals surface area contributed by atoms with E-state index in [9.17, 15) is 18.0 Å². The molecule has 0 atom stereocenters. The molecule has 1 fully saturated rings. The molecule has 3 aromatic rings. The number of piperidine rings is 1. The minimum Gasteiger partial charge on any atom is -0.493 e. The summed E-state index contributed by atoms with van der Waals surface area (Å²) in [5.74, 6) is 1.01. The molecule has 33 heavy (non-hydrogen) atoms. The molecule has 2 aromatic carbocycles. The van der Waals surface area contributed by atoms with Crippen LogP contribution in [0.25, 0.3) is 11.0 Å². The van der Waals surface area contributed by atoms with E-state index in [-0.39, 0.29) is 17.5 Å². The van der Waals surface area contributed by atoms with Crippen molar-refractivity contribution < 1.29 is 32.2 Å². The fourth-order valence-electron chi connectivity index (χ4n) is 4.09. The van der Waals surface area contributed by atoms with Crippen LogP contribution in [-0.4, -0.2) is 60.2 Å². The third kappa shape index (κ3) is 4.27. The van der Waals surface area contributed by atoms with Crippen LogP contribution in [0.3, 0.4) is 0 Å². The Morgan fingerprint density at radius 3 is 2.18 bits per heavy atom. The Bertz CT molecular complexity index is 1150. The third-order valence-electron chi connectivity index (χ3n) is 5.81. The topological polar surface area (TPSA) is 78.7 Å². The van der Waals surface area contributed by atoms with Crippen molar-refractivity contribution >= 4 is 16.9 Å². The maximum absolute atomic E-state index is 13.1. The van der Waals surface area contributed by atoms with Gasteiger partial charge in [-0.15, -0.1) is 5.10 Å². The van der Waals surface area contributed by atoms with Crippen molar-refractivity contribution in [3.05, 3.63) is 41.5 Å². The van der Waals surface area contributed by atoms with Crippen LogP contribution in [0.4, 0.5) is 13.2 Å². The van der Waals surface area contributed by atoms with E-state index in [0.29, 0.717) is 54.3 Å². The highest BCUT2D eigenvalue weighted by molar-refractivity contribution is 5.95. The highest BCUT2D eigenvalue weighted by Gasteiger charge is 2.32. The monoisotopic (exact) mass is 464 g/mol. The number of aromatic nitrogens is 3. The van der Waals surface area contributed by atoms with Gasteiger partial charge < -0.3 is 19.1 Å². The molecule has 176 valence electrons. The van der Waals surface area contributed by atoms with E-state index >= 15 is 0 Å². The van der Waals surface area contributed by atoms with Crippen LogP contribution in [0.15, 0.2) is 30.3 Å². The fraction of sp³-hybridized carbons (Fsp3) is 0.409. The summed E-state index contributed by atoms with van der Waals surface area (Å²) >= 11 is 0. The SMILES string of the molecule is COc1cc(C(=O)N2CCC(n3nnc4cc(C(F)(F)F)ccc43)CC2)cc(OC)c1OC. The summed E-state index contributed by atoms with van der Waals surface area (Å²) < 4.78 is 56.5. The molecule has 0 aliphatic carbocycles. The molecule has 4 rings (SSSR count). The quantitative estimate of drug-likeness (QED) is 0.569. The van der Waals surface area contributed by atoms with Crippen molar-refractivity contribution in [1.29, 1.82) is 0 Å². The molecule has 1 aromatic heterocycles. The molecule has 0 N–H and O–H groups in total. The molecular formula is C22H23F3N4O4. The Hall–Kier alpha value is -3.50. The van der Waals surface area contributed by atoms with E-state index in [4.69, 9.17) is 14.2 Å². The van der Waals surface area contributed by atoms with E-state index in [0.717, 1.165) is 12.1 Å². The number of ether oxygens (including phenoxy) is 3. The van der Waals surface area contributed by atoms with E-state index < -0.39 is 11.7 Å². The first-order chi connectivity index (χ1) is 15.8. The number of carbonyl (C=O) groups is 1. The largest absolute Gasteiger partial charge is 0.493 e. The van der Waals surface area contributed by atoms with Crippen LogP contribution in [0.5, 0.6) is 17.2 Å². The third-order valence-corrected chi connectivity index (χ3v) is 5.81. The zero-order valence-electron chi connectivity index (χ0n) is 18.3. The average molecular weight is 464 g/mol. The van der Waals surface area contributed by atoms with Gasteiger partial charge in [0.1, 0.15) is 5.52 Å². The summed E-state index contributed by atoms with van der Waals surface area (Å²) in [6.07, 6.45) is -3.25. The van der Waals surface area contributed by atoms with E-state index in [1.165, 1.54) is 27.4 Å². The Kier molecular flexibility index (Phi) is 6.05. The number of rotatable bonds is 5. The lowest BCUT2D eigenvalue weighted by Gasteiger charge is -2.32. The molecule has 2 heterocycles. The van der Waals surface area contributed by atoms with Gasteiger partial charge in [-0.1, -0.05) is 5.21 Å². The van der Waals surface area contributed by atoms with Crippen LogP contribution < -0.4 is 14.2 Å². The lowest BCUT2D eigenvalue weighted by atomic mass is 10.0. The number of benzene rings is 2. The summed E-state index contributed by atoms with van der Waals surface area (Å²) in [5, 5.41) is 8.00. The van der Waals surface area contributed by atoms with Crippen LogP contribution >= 0.6 is 0 Å². The Morgan fingerprint density at radius 2 is 1.64 bits per heavy atom. The molecule has 0 bridgehead atoms. The number of fused-ring (bicyclic) bond motifs is 1. The minimum atomic E-state index is -4.43. The first-order valence-corrected chi connectivity index (χ1v) is 10.3. The molecule has 8 nitrogen and oxygen atoms in total. The number of hydrogen-bond acceptors (Lipinski definition) is 6. The fourth-order valence-corrected chi connectivity index (χ4v) is 4.09. The van der Waals surface area contributed by atoms with Crippen molar-refractivity contribution in [3.63, 3.8) is 0 Å². The van der Waals surface area contributed by atoms with Gasteiger partial charge in [0.15, 0.2) is 11.5 Å². The number of hydrogen-bond donors (Lipinski definition) is 0. The molecule has 0 unspecified atom stereocenters. The summed E-state index contributed by atoms with van der Waals surface area (Å²) in [7, 11) is 4.46. The second-order valence-corrected chi connectivity index (χ2v) is 7.67. The molecule has 0 saturated carbocycles. The Balaban J connectivity index is 1.50. The zero-order valence-corrected chi connectivity index (χ0v) is 18.3. The van der Waals surface area contributed by atoms with Crippen LogP contribution in [-0.2, 0) is 6.18 Å². The molecule has 1 aliphatic rings. The van der Waals surface area contributed by atoms with Crippen LogP contribution in [0.2, 0.25) is 0 Å². The number of likely N-dealkylation sites (tertiary alicyclic amines) is 1. The van der Waals surface area contributed by atoms with Crippen LogP contribution in [0.1, 0.15) is 34.8 Å². The summed E-state index contributed by atoms with van der Waals surface area (Å²) in [6, 6.07) is 6.58. The van der Waals surface area contributed by atoms with Crippen molar-refractivity contribution in [3.8, 4) is 17.2 Å². The van der Waals surface area contributed by atoms with E-state index in [1.807, 2.05) is 0 Å². The van der Waals surface area contributed by atoms with Gasteiger partial charge in [0.2, 0.25) is 5.75 Å². The molecule has 0 spiro atoms. The normalized spacial score (nSPS) is 15.0. The summed E-state index contributed by atoms with van der Waals surface area (Å²) in [5.41, 5.74) is 0.389. The molecule has 11 heteroatoms. The van der Waals surface area contributed by atoms with Gasteiger partial charge in [-0.25, -0.2) is 4.68 Å². The number of alkyl halides is 3. The van der Waals surface area contributed by atoms with Crippen molar-refractivity contribution in [2.75, 3.05) is 34.4 Å². The standard InChI is InChI=1S/C22H23F3N4O4/c1-31-18-10-13(11-19(32-2)20(18)33-3)21(30)28-8-6-15(7-9-28)29-17-5-4-14(22(23,24)25)12-16(17)26-27-29/h4-5,10-12,15H,6-9H2,1-3H3. The Labute approximate surface area is 187 Å². The van der Waals surface area contributed by atoms with Gasteiger partial charge in [0.05, 0.1) is 38.5 Å². The maximum Gasteiger partial charge on any atom is 0.416 e. The predicted molar refractivity (Wildman–Crippen MR) is 113 cm³/mol. The van der Waals surface area contributed by atoms with Gasteiger partial charge in [0, 0.05) is 18.7 Å². The Morgan fingerprint density at radius 1 is 1.00 bits per heavy atom. The number of halogens is 3. The lowest BCUT2D eigenvalue weighted by Crippen LogP contribution is -2.39.